The van der Waals surface area contributed by atoms with Crippen molar-refractivity contribution >= 4 is 17.9 Å². The van der Waals surface area contributed by atoms with Crippen LogP contribution in [0.25, 0.3) is 0 Å². The largest absolute Gasteiger partial charge is 0.462 e. The van der Waals surface area contributed by atoms with Crippen LogP contribution in [-0.2, 0) is 28.6 Å². The third-order valence-electron chi connectivity index (χ3n) is 11.2. The van der Waals surface area contributed by atoms with E-state index in [1.807, 2.05) is 0 Å². The van der Waals surface area contributed by atoms with Gasteiger partial charge < -0.3 is 14.2 Å². The summed E-state index contributed by atoms with van der Waals surface area (Å²) in [6.07, 6.45) is 73.6. The lowest BCUT2D eigenvalue weighted by Crippen LogP contribution is -2.30. The van der Waals surface area contributed by atoms with Crippen molar-refractivity contribution in [3.8, 4) is 0 Å². The van der Waals surface area contributed by atoms with E-state index < -0.39 is 6.10 Å². The van der Waals surface area contributed by atoms with Crippen LogP contribution in [0, 0.1) is 0 Å². The molecule has 0 fully saturated rings. The first-order chi connectivity index (χ1) is 33.0. The van der Waals surface area contributed by atoms with Crippen molar-refractivity contribution in [3.63, 3.8) is 0 Å². The van der Waals surface area contributed by atoms with Crippen molar-refractivity contribution in [2.45, 2.75) is 245 Å². The van der Waals surface area contributed by atoms with Gasteiger partial charge in [-0.2, -0.15) is 0 Å². The van der Waals surface area contributed by atoms with E-state index in [1.54, 1.807) is 0 Å². The minimum atomic E-state index is -0.819. The van der Waals surface area contributed by atoms with Crippen molar-refractivity contribution in [2.24, 2.45) is 0 Å². The maximum Gasteiger partial charge on any atom is 0.306 e. The van der Waals surface area contributed by atoms with E-state index in [0.717, 1.165) is 116 Å². The molecule has 0 saturated heterocycles. The molecule has 0 amide bonds. The van der Waals surface area contributed by atoms with Gasteiger partial charge in [-0.3, -0.25) is 14.4 Å². The Morgan fingerprint density at radius 3 is 0.955 bits per heavy atom. The van der Waals surface area contributed by atoms with Gasteiger partial charge in [0.2, 0.25) is 0 Å². The zero-order valence-electron chi connectivity index (χ0n) is 43.4. The molecule has 1 atom stereocenters. The molecule has 0 N–H and O–H groups in total. The third-order valence-corrected chi connectivity index (χ3v) is 11.2. The molecular weight excluding hydrogens is 829 g/mol. The molecule has 0 aliphatic rings. The van der Waals surface area contributed by atoms with Crippen LogP contribution in [0.2, 0.25) is 0 Å². The number of carbonyl (C=O) groups is 3. The molecule has 0 aromatic rings. The van der Waals surface area contributed by atoms with Gasteiger partial charge in [-0.25, -0.2) is 0 Å². The quantitative estimate of drug-likeness (QED) is 0.0262. The highest BCUT2D eigenvalue weighted by molar-refractivity contribution is 5.71. The number of hydrogen-bond donors (Lipinski definition) is 0. The van der Waals surface area contributed by atoms with Gasteiger partial charge >= 0.3 is 17.9 Å². The van der Waals surface area contributed by atoms with Crippen molar-refractivity contribution in [1.82, 2.24) is 0 Å². The summed E-state index contributed by atoms with van der Waals surface area (Å²) in [6.45, 7) is 6.40. The highest BCUT2D eigenvalue weighted by Gasteiger charge is 2.19. The maximum atomic E-state index is 12.8. The maximum absolute atomic E-state index is 12.8. The number of ether oxygens (including phenoxy) is 3. The molecule has 0 saturated carbocycles. The van der Waals surface area contributed by atoms with Crippen molar-refractivity contribution < 1.29 is 28.6 Å². The van der Waals surface area contributed by atoms with Gasteiger partial charge in [-0.05, 0) is 122 Å². The number of unbranched alkanes of at least 4 members (excludes halogenated alkanes) is 19. The molecule has 0 rings (SSSR count). The molecule has 0 aliphatic carbocycles. The lowest BCUT2D eigenvalue weighted by atomic mass is 10.1. The molecule has 6 heteroatoms. The van der Waals surface area contributed by atoms with E-state index in [4.69, 9.17) is 14.2 Å². The zero-order valence-corrected chi connectivity index (χ0v) is 43.4. The lowest BCUT2D eigenvalue weighted by Gasteiger charge is -2.18. The first-order valence-electron chi connectivity index (χ1n) is 27.4. The Balaban J connectivity index is 4.53. The molecule has 0 unspecified atom stereocenters. The number of carbonyl (C=O) groups excluding carboxylic acids is 3. The number of esters is 3. The summed E-state index contributed by atoms with van der Waals surface area (Å²) in [5.41, 5.74) is 0. The summed E-state index contributed by atoms with van der Waals surface area (Å²) in [4.78, 5) is 38.1. The Bertz CT molecular complexity index is 1390. The number of rotatable bonds is 48. The fourth-order valence-electron chi connectivity index (χ4n) is 7.13. The lowest BCUT2D eigenvalue weighted by molar-refractivity contribution is -0.167. The fraction of sp³-hybridized carbons (Fsp3) is 0.656. The molecular formula is C61H100O6. The zero-order chi connectivity index (χ0) is 48.6. The second-order valence-electron chi connectivity index (χ2n) is 17.7. The predicted molar refractivity (Wildman–Crippen MR) is 288 cm³/mol. The number of hydrogen-bond acceptors (Lipinski definition) is 6. The molecule has 67 heavy (non-hydrogen) atoms. The Labute approximate surface area is 412 Å². The SMILES string of the molecule is CC/C=C\C/C=C\C/C=C\CCCCCCCC(=O)OC[C@H](COC(=O)CCCCCCCCC/C=C\C/C=C\CCCCC)OC(=O)CCC/C=C\C/C=C\C/C=C\C/C=C\CCCCC. The summed E-state index contributed by atoms with van der Waals surface area (Å²) in [5, 5.41) is 0. The third kappa shape index (κ3) is 52.9. The topological polar surface area (TPSA) is 78.9 Å². The molecule has 0 aromatic heterocycles. The van der Waals surface area contributed by atoms with E-state index in [1.165, 1.54) is 77.0 Å². The van der Waals surface area contributed by atoms with E-state index >= 15 is 0 Å². The molecule has 0 radical (unpaired) electrons. The van der Waals surface area contributed by atoms with Crippen LogP contribution < -0.4 is 0 Å². The van der Waals surface area contributed by atoms with Gasteiger partial charge in [0.25, 0.3) is 0 Å². The highest BCUT2D eigenvalue weighted by Crippen LogP contribution is 2.13. The minimum absolute atomic E-state index is 0.111. The molecule has 0 aromatic carbocycles. The summed E-state index contributed by atoms with van der Waals surface area (Å²) in [6, 6.07) is 0. The second-order valence-corrected chi connectivity index (χ2v) is 17.7. The van der Waals surface area contributed by atoms with Gasteiger partial charge in [-0.15, -0.1) is 0 Å². The summed E-state index contributed by atoms with van der Waals surface area (Å²) in [7, 11) is 0. The molecule has 380 valence electrons. The van der Waals surface area contributed by atoms with Crippen LogP contribution in [0.4, 0.5) is 0 Å². The van der Waals surface area contributed by atoms with Gasteiger partial charge in [0, 0.05) is 19.3 Å². The Morgan fingerprint density at radius 2 is 0.597 bits per heavy atom. The van der Waals surface area contributed by atoms with E-state index in [9.17, 15) is 14.4 Å². The Morgan fingerprint density at radius 1 is 0.313 bits per heavy atom. The van der Waals surface area contributed by atoms with Crippen LogP contribution >= 0.6 is 0 Å². The van der Waals surface area contributed by atoms with E-state index in [0.29, 0.717) is 19.3 Å². The summed E-state index contributed by atoms with van der Waals surface area (Å²) >= 11 is 0. The van der Waals surface area contributed by atoms with Crippen molar-refractivity contribution in [3.05, 3.63) is 109 Å². The normalized spacial score (nSPS) is 12.9. The van der Waals surface area contributed by atoms with Crippen LogP contribution in [-0.4, -0.2) is 37.2 Å². The standard InChI is InChI=1S/C61H100O6/c1-4-7-10-13-16-19-22-25-28-30-33-36-39-42-45-48-51-54-60(63)66-57-58(56-65-59(62)53-50-47-44-41-38-35-32-27-24-21-18-15-12-9-6-3)67-61(64)55-52-49-46-43-40-37-34-31-29-26-23-20-17-14-11-8-5-2/h9,12,16-21,25-29,32,34,37,43,46,58H,4-8,10-11,13-15,22-24,30-31,33,35-36,38-42,44-45,47-57H2,1-3H3/b12-9-,19-16-,20-17-,21-18-,28-25-,29-26-,32-27-,37-34-,46-43-/t58-/m1/s1. The number of allylic oxidation sites excluding steroid dienone is 18. The van der Waals surface area contributed by atoms with E-state index in [2.05, 4.69) is 130 Å². The molecule has 0 spiro atoms. The van der Waals surface area contributed by atoms with Crippen molar-refractivity contribution in [2.75, 3.05) is 13.2 Å². The first-order valence-corrected chi connectivity index (χ1v) is 27.4. The van der Waals surface area contributed by atoms with E-state index in [-0.39, 0.29) is 37.5 Å². The Kier molecular flexibility index (Phi) is 51.5. The van der Waals surface area contributed by atoms with Gasteiger partial charge in [0.05, 0.1) is 0 Å². The van der Waals surface area contributed by atoms with Crippen molar-refractivity contribution in [1.29, 1.82) is 0 Å². The Hall–Kier alpha value is -3.93. The monoisotopic (exact) mass is 929 g/mol. The van der Waals surface area contributed by atoms with Gasteiger partial charge in [0.15, 0.2) is 6.10 Å². The first kappa shape index (κ1) is 63.1. The van der Waals surface area contributed by atoms with Crippen LogP contribution in [0.3, 0.4) is 0 Å². The molecule has 6 nitrogen and oxygen atoms in total. The average molecular weight is 929 g/mol. The minimum Gasteiger partial charge on any atom is -0.462 e. The second kappa shape index (κ2) is 54.7. The van der Waals surface area contributed by atoms with Crippen LogP contribution in [0.15, 0.2) is 109 Å². The van der Waals surface area contributed by atoms with Gasteiger partial charge in [-0.1, -0.05) is 207 Å². The van der Waals surface area contributed by atoms with Crippen LogP contribution in [0.5, 0.6) is 0 Å². The smallest absolute Gasteiger partial charge is 0.306 e. The summed E-state index contributed by atoms with van der Waals surface area (Å²) in [5.74, 6) is -0.995. The average Bonchev–Trinajstić information content (AvgIpc) is 3.33. The fourth-order valence-corrected chi connectivity index (χ4v) is 7.13. The highest BCUT2D eigenvalue weighted by atomic mass is 16.6. The van der Waals surface area contributed by atoms with Gasteiger partial charge in [0.1, 0.15) is 13.2 Å². The molecule has 0 heterocycles. The van der Waals surface area contributed by atoms with Crippen LogP contribution in [0.1, 0.15) is 239 Å². The predicted octanol–water partition coefficient (Wildman–Crippen LogP) is 18.3. The molecule has 0 bridgehead atoms. The summed E-state index contributed by atoms with van der Waals surface area (Å²) < 4.78 is 16.8. The molecule has 0 aliphatic heterocycles.